The van der Waals surface area contributed by atoms with Crippen LogP contribution < -0.4 is 11.1 Å². The van der Waals surface area contributed by atoms with Crippen LogP contribution in [0.25, 0.3) is 0 Å². The van der Waals surface area contributed by atoms with Crippen LogP contribution in [0.1, 0.15) is 5.56 Å². The highest BCUT2D eigenvalue weighted by molar-refractivity contribution is 5.65. The van der Waals surface area contributed by atoms with Gasteiger partial charge in [0.15, 0.2) is 0 Å². The van der Waals surface area contributed by atoms with E-state index in [1.807, 2.05) is 31.3 Å². The van der Waals surface area contributed by atoms with Crippen LogP contribution in [-0.2, 0) is 11.3 Å². The normalized spacial score (nSPS) is 9.31. The minimum atomic E-state index is -0.758. The maximum atomic E-state index is 10.4. The van der Waals surface area contributed by atoms with E-state index in [1.165, 1.54) is 0 Å². The lowest BCUT2D eigenvalue weighted by molar-refractivity contribution is 0.150. The number of anilines is 1. The van der Waals surface area contributed by atoms with E-state index in [1.54, 1.807) is 0 Å². The van der Waals surface area contributed by atoms with Crippen LogP contribution in [0.3, 0.4) is 0 Å². The molecule has 4 heteroatoms. The summed E-state index contributed by atoms with van der Waals surface area (Å²) >= 11 is 0. The number of benzene rings is 1. The summed E-state index contributed by atoms with van der Waals surface area (Å²) in [5, 5.41) is 2.99. The third-order valence-electron chi connectivity index (χ3n) is 1.66. The van der Waals surface area contributed by atoms with Gasteiger partial charge in [0, 0.05) is 18.3 Å². The molecule has 0 saturated heterocycles. The first kappa shape index (κ1) is 9.38. The number of nitrogens with one attached hydrogen (secondary N) is 1. The SMILES string of the molecule is CNc1ccccc1COC(N)=O. The van der Waals surface area contributed by atoms with Crippen molar-refractivity contribution < 1.29 is 9.53 Å². The lowest BCUT2D eigenvalue weighted by Crippen LogP contribution is -2.13. The van der Waals surface area contributed by atoms with Gasteiger partial charge in [0.2, 0.25) is 0 Å². The highest BCUT2D eigenvalue weighted by atomic mass is 16.5. The predicted octanol–water partition coefficient (Wildman–Crippen LogP) is 1.32. The zero-order chi connectivity index (χ0) is 9.68. The third kappa shape index (κ3) is 2.66. The molecule has 0 saturated carbocycles. The summed E-state index contributed by atoms with van der Waals surface area (Å²) in [5.74, 6) is 0. The van der Waals surface area contributed by atoms with Gasteiger partial charge in [-0.25, -0.2) is 4.79 Å². The number of para-hydroxylation sites is 1. The molecule has 1 rings (SSSR count). The summed E-state index contributed by atoms with van der Waals surface area (Å²) in [7, 11) is 1.81. The Balaban J connectivity index is 2.69. The number of ether oxygens (including phenoxy) is 1. The van der Waals surface area contributed by atoms with Gasteiger partial charge < -0.3 is 15.8 Å². The molecule has 1 aromatic rings. The fourth-order valence-corrected chi connectivity index (χ4v) is 1.04. The third-order valence-corrected chi connectivity index (χ3v) is 1.66. The Morgan fingerprint density at radius 2 is 2.23 bits per heavy atom. The highest BCUT2D eigenvalue weighted by Gasteiger charge is 2.01. The molecule has 0 atom stereocenters. The first-order valence-electron chi connectivity index (χ1n) is 3.92. The van der Waals surface area contributed by atoms with Crippen molar-refractivity contribution in [2.45, 2.75) is 6.61 Å². The van der Waals surface area contributed by atoms with Crippen molar-refractivity contribution >= 4 is 11.8 Å². The molecule has 0 heterocycles. The van der Waals surface area contributed by atoms with Gasteiger partial charge in [-0.2, -0.15) is 0 Å². The summed E-state index contributed by atoms with van der Waals surface area (Å²) in [4.78, 5) is 10.4. The van der Waals surface area contributed by atoms with E-state index in [0.29, 0.717) is 0 Å². The second-order valence-corrected chi connectivity index (χ2v) is 2.51. The number of primary amides is 1. The quantitative estimate of drug-likeness (QED) is 0.737. The fourth-order valence-electron chi connectivity index (χ4n) is 1.04. The summed E-state index contributed by atoms with van der Waals surface area (Å²) < 4.78 is 4.67. The van der Waals surface area contributed by atoms with Crippen LogP contribution in [0, 0.1) is 0 Å². The molecule has 0 fully saturated rings. The van der Waals surface area contributed by atoms with E-state index in [-0.39, 0.29) is 6.61 Å². The van der Waals surface area contributed by atoms with Crippen molar-refractivity contribution in [1.82, 2.24) is 0 Å². The molecule has 0 bridgehead atoms. The van der Waals surface area contributed by atoms with Crippen molar-refractivity contribution in [3.05, 3.63) is 29.8 Å². The monoisotopic (exact) mass is 180 g/mol. The van der Waals surface area contributed by atoms with Crippen LogP contribution >= 0.6 is 0 Å². The molecule has 70 valence electrons. The highest BCUT2D eigenvalue weighted by Crippen LogP contribution is 2.14. The minimum Gasteiger partial charge on any atom is -0.445 e. The molecule has 4 nitrogen and oxygen atoms in total. The van der Waals surface area contributed by atoms with Gasteiger partial charge in [-0.1, -0.05) is 18.2 Å². The zero-order valence-corrected chi connectivity index (χ0v) is 7.41. The van der Waals surface area contributed by atoms with E-state index in [9.17, 15) is 4.79 Å². The first-order chi connectivity index (χ1) is 6.24. The van der Waals surface area contributed by atoms with Gasteiger partial charge in [0.25, 0.3) is 0 Å². The lowest BCUT2D eigenvalue weighted by Gasteiger charge is -2.07. The van der Waals surface area contributed by atoms with Gasteiger partial charge in [-0.15, -0.1) is 0 Å². The summed E-state index contributed by atoms with van der Waals surface area (Å²) in [6.07, 6.45) is -0.758. The number of carbonyl (C=O) groups excluding carboxylic acids is 1. The molecule has 1 amide bonds. The van der Waals surface area contributed by atoms with E-state index >= 15 is 0 Å². The molecule has 1 aromatic carbocycles. The Hall–Kier alpha value is -1.71. The summed E-state index contributed by atoms with van der Waals surface area (Å²) in [5.41, 5.74) is 6.69. The van der Waals surface area contributed by atoms with Crippen LogP contribution in [0.5, 0.6) is 0 Å². The molecule has 0 radical (unpaired) electrons. The Bertz CT molecular complexity index is 299. The number of hydrogen-bond acceptors (Lipinski definition) is 3. The minimum absolute atomic E-state index is 0.201. The molecule has 0 spiro atoms. The van der Waals surface area contributed by atoms with Crippen LogP contribution in [-0.4, -0.2) is 13.1 Å². The van der Waals surface area contributed by atoms with Crippen molar-refractivity contribution in [3.63, 3.8) is 0 Å². The summed E-state index contributed by atoms with van der Waals surface area (Å²) in [6, 6.07) is 7.55. The maximum Gasteiger partial charge on any atom is 0.404 e. The van der Waals surface area contributed by atoms with Gasteiger partial charge in [-0.3, -0.25) is 0 Å². The number of nitrogens with two attached hydrogens (primary N) is 1. The Morgan fingerprint density at radius 1 is 1.54 bits per heavy atom. The average molecular weight is 180 g/mol. The van der Waals surface area contributed by atoms with Gasteiger partial charge in [-0.05, 0) is 6.07 Å². The molecule has 0 aromatic heterocycles. The number of carbonyl (C=O) groups is 1. The maximum absolute atomic E-state index is 10.4. The molecule has 3 N–H and O–H groups in total. The smallest absolute Gasteiger partial charge is 0.404 e. The predicted molar refractivity (Wildman–Crippen MR) is 50.4 cm³/mol. The van der Waals surface area contributed by atoms with E-state index in [4.69, 9.17) is 5.73 Å². The largest absolute Gasteiger partial charge is 0.445 e. The van der Waals surface area contributed by atoms with Crippen LogP contribution in [0.4, 0.5) is 10.5 Å². The van der Waals surface area contributed by atoms with Crippen LogP contribution in [0.15, 0.2) is 24.3 Å². The van der Waals surface area contributed by atoms with Crippen LogP contribution in [0.2, 0.25) is 0 Å². The van der Waals surface area contributed by atoms with Gasteiger partial charge >= 0.3 is 6.09 Å². The first-order valence-corrected chi connectivity index (χ1v) is 3.92. The van der Waals surface area contributed by atoms with Crippen molar-refractivity contribution in [3.8, 4) is 0 Å². The lowest BCUT2D eigenvalue weighted by atomic mass is 10.2. The average Bonchev–Trinajstić information content (AvgIpc) is 2.15. The van der Waals surface area contributed by atoms with Crippen molar-refractivity contribution in [2.24, 2.45) is 5.73 Å². The zero-order valence-electron chi connectivity index (χ0n) is 7.41. The Labute approximate surface area is 76.7 Å². The van der Waals surface area contributed by atoms with Gasteiger partial charge in [0.1, 0.15) is 6.61 Å². The molecule has 0 aliphatic rings. The second kappa shape index (κ2) is 4.35. The van der Waals surface area contributed by atoms with Gasteiger partial charge in [0.05, 0.1) is 0 Å². The molecular formula is C9H12N2O2. The second-order valence-electron chi connectivity index (χ2n) is 2.51. The van der Waals surface area contributed by atoms with E-state index in [2.05, 4.69) is 10.1 Å². The summed E-state index contributed by atoms with van der Waals surface area (Å²) in [6.45, 7) is 0.201. The Kier molecular flexibility index (Phi) is 3.14. The fraction of sp³-hybridized carbons (Fsp3) is 0.222. The number of hydrogen-bond donors (Lipinski definition) is 2. The molecule has 0 aliphatic carbocycles. The van der Waals surface area contributed by atoms with Crippen molar-refractivity contribution in [1.29, 1.82) is 0 Å². The van der Waals surface area contributed by atoms with E-state index in [0.717, 1.165) is 11.3 Å². The molecular weight excluding hydrogens is 168 g/mol. The van der Waals surface area contributed by atoms with Crippen molar-refractivity contribution in [2.75, 3.05) is 12.4 Å². The molecule has 0 unspecified atom stereocenters. The topological polar surface area (TPSA) is 64.3 Å². The van der Waals surface area contributed by atoms with E-state index < -0.39 is 6.09 Å². The Morgan fingerprint density at radius 3 is 2.85 bits per heavy atom. The number of amides is 1. The molecule has 13 heavy (non-hydrogen) atoms. The standard InChI is InChI=1S/C9H12N2O2/c1-11-8-5-3-2-4-7(8)6-13-9(10)12/h2-5,11H,6H2,1H3,(H2,10,12). The molecule has 0 aliphatic heterocycles. The number of rotatable bonds is 3.